The van der Waals surface area contributed by atoms with E-state index in [-0.39, 0.29) is 48.7 Å². The van der Waals surface area contributed by atoms with E-state index in [1.807, 2.05) is 6.07 Å². The molecule has 0 unspecified atom stereocenters. The fourth-order valence-corrected chi connectivity index (χ4v) is 14.3. The van der Waals surface area contributed by atoms with Gasteiger partial charge in [-0.1, -0.05) is 46.9 Å². The molecule has 3 saturated carbocycles. The Morgan fingerprint density at radius 2 is 1.93 bits per heavy atom. The lowest BCUT2D eigenvalue weighted by Gasteiger charge is -2.72. The van der Waals surface area contributed by atoms with Crippen molar-refractivity contribution in [3.8, 4) is 11.5 Å². The molecule has 0 amide bonds. The molecule has 4 fully saturated rings. The van der Waals surface area contributed by atoms with Crippen LogP contribution >= 0.6 is 21.6 Å². The number of aliphatic hydroxyl groups is 6. The molecule has 298 valence electrons. The zero-order valence-corrected chi connectivity index (χ0v) is 32.2. The smallest absolute Gasteiger partial charge is 0.306 e. The highest BCUT2D eigenvalue weighted by molar-refractivity contribution is 8.77. The molecule has 1 saturated heterocycles. The van der Waals surface area contributed by atoms with Gasteiger partial charge in [0.25, 0.3) is 5.79 Å². The van der Waals surface area contributed by atoms with Gasteiger partial charge < -0.3 is 59.3 Å². The molecule has 1 aromatic heterocycles. The van der Waals surface area contributed by atoms with Gasteiger partial charge in [-0.3, -0.25) is 4.79 Å². The van der Waals surface area contributed by atoms with Crippen LogP contribution in [0.15, 0.2) is 35.0 Å². The number of esters is 1. The number of aryl methyl sites for hydroxylation is 1. The van der Waals surface area contributed by atoms with Crippen molar-refractivity contribution in [2.24, 2.45) is 17.8 Å². The number of benzene rings is 1. The molecule has 10 atom stereocenters. The summed E-state index contributed by atoms with van der Waals surface area (Å²) in [5.41, 5.74) is -5.64. The minimum absolute atomic E-state index is 0.00697. The second kappa shape index (κ2) is 14.7. The van der Waals surface area contributed by atoms with Gasteiger partial charge in [-0.25, -0.2) is 0 Å². The molecule has 2 aromatic rings. The van der Waals surface area contributed by atoms with Gasteiger partial charge in [0.05, 0.1) is 30.8 Å². The predicted molar refractivity (Wildman–Crippen MR) is 201 cm³/mol. The summed E-state index contributed by atoms with van der Waals surface area (Å²) < 4.78 is 31.7. The molecular formula is C39H53NO12S2. The molecule has 8 rings (SSSR count). The van der Waals surface area contributed by atoms with E-state index in [4.69, 9.17) is 23.4 Å². The number of hydrogen-bond donors (Lipinski definition) is 7. The van der Waals surface area contributed by atoms with Gasteiger partial charge >= 0.3 is 5.97 Å². The van der Waals surface area contributed by atoms with E-state index >= 15 is 0 Å². The molecule has 15 heteroatoms. The Balaban J connectivity index is 1.35. The summed E-state index contributed by atoms with van der Waals surface area (Å²) in [5.74, 6) is -4.83. The van der Waals surface area contributed by atoms with Crippen molar-refractivity contribution in [1.82, 2.24) is 5.32 Å². The van der Waals surface area contributed by atoms with Gasteiger partial charge in [0.1, 0.15) is 23.9 Å². The monoisotopic (exact) mass is 791 g/mol. The van der Waals surface area contributed by atoms with Crippen LogP contribution in [0.1, 0.15) is 70.3 Å². The lowest BCUT2D eigenvalue weighted by Crippen LogP contribution is -2.90. The van der Waals surface area contributed by atoms with Crippen LogP contribution in [0.4, 0.5) is 0 Å². The lowest BCUT2D eigenvalue weighted by atomic mass is 9.46. The van der Waals surface area contributed by atoms with Gasteiger partial charge in [-0.2, -0.15) is 0 Å². The minimum Gasteiger partial charge on any atom is -0.485 e. The van der Waals surface area contributed by atoms with Crippen LogP contribution in [0.5, 0.6) is 11.5 Å². The zero-order valence-electron chi connectivity index (χ0n) is 30.6. The predicted octanol–water partition coefficient (Wildman–Crippen LogP) is 2.99. The Hall–Kier alpha value is -2.05. The molecule has 54 heavy (non-hydrogen) atoms. The van der Waals surface area contributed by atoms with Crippen molar-refractivity contribution < 1.29 is 58.8 Å². The number of rotatable bonds is 6. The van der Waals surface area contributed by atoms with E-state index in [9.17, 15) is 35.4 Å². The summed E-state index contributed by atoms with van der Waals surface area (Å²) in [5, 5.41) is 76.1. The average molecular weight is 792 g/mol. The molecule has 3 aliphatic carbocycles. The fraction of sp³-hybridized carbons (Fsp3) is 0.718. The van der Waals surface area contributed by atoms with Crippen molar-refractivity contribution in [2.45, 2.75) is 116 Å². The Kier molecular flexibility index (Phi) is 10.6. The Bertz CT molecular complexity index is 1730. The normalized spacial score (nSPS) is 40.1. The largest absolute Gasteiger partial charge is 0.485 e. The van der Waals surface area contributed by atoms with E-state index in [1.165, 1.54) is 17.1 Å². The van der Waals surface area contributed by atoms with Crippen LogP contribution in [0.2, 0.25) is 0 Å². The number of hydrogen-bond acceptors (Lipinski definition) is 15. The van der Waals surface area contributed by atoms with Crippen LogP contribution in [0.25, 0.3) is 11.0 Å². The first-order valence-corrected chi connectivity index (χ1v) is 21.7. The number of carbonyl (C=O) groups excluding carboxylic acids is 1. The van der Waals surface area contributed by atoms with Gasteiger partial charge in [0.2, 0.25) is 5.75 Å². The Labute approximate surface area is 322 Å². The van der Waals surface area contributed by atoms with E-state index in [2.05, 4.69) is 5.32 Å². The molecule has 13 nitrogen and oxygen atoms in total. The number of carbonyl (C=O) groups is 1. The van der Waals surface area contributed by atoms with Crippen molar-refractivity contribution >= 4 is 38.5 Å². The molecule has 3 aliphatic heterocycles. The maximum absolute atomic E-state index is 13.4. The van der Waals surface area contributed by atoms with Crippen LogP contribution in [0, 0.1) is 17.8 Å². The van der Waals surface area contributed by atoms with Crippen molar-refractivity contribution in [1.29, 1.82) is 0 Å². The quantitative estimate of drug-likeness (QED) is 0.128. The highest BCUT2D eigenvalue weighted by atomic mass is 33.1. The van der Waals surface area contributed by atoms with Crippen molar-refractivity contribution in [2.75, 3.05) is 39.5 Å². The van der Waals surface area contributed by atoms with Crippen molar-refractivity contribution in [3.63, 3.8) is 0 Å². The van der Waals surface area contributed by atoms with Crippen LogP contribution in [0.3, 0.4) is 0 Å². The summed E-state index contributed by atoms with van der Waals surface area (Å²) in [6, 6.07) is 3.58. The number of fused-ring (bicyclic) bond motifs is 11. The SMILES string of the molecule is CCOC(=O)CCc1cc2ccoc2c2c1O[C@]13C=C[C@@H](SSC4(CCCCC4)CNCCO2)[C@](CO)(O1)[C@]1(O)C[C@H]2CC[C@@H](O)[C@H](CO)[C@H]2[C@@]3(O)[C@H]1O. The highest BCUT2D eigenvalue weighted by Crippen LogP contribution is 2.67. The first-order chi connectivity index (χ1) is 26.0. The van der Waals surface area contributed by atoms with Crippen molar-refractivity contribution in [3.05, 3.63) is 36.1 Å². The molecule has 2 spiro atoms. The third kappa shape index (κ3) is 5.86. The molecule has 4 heterocycles. The summed E-state index contributed by atoms with van der Waals surface area (Å²) in [6.45, 7) is 2.13. The van der Waals surface area contributed by atoms with Crippen LogP contribution in [-0.4, -0.2) is 121 Å². The summed E-state index contributed by atoms with van der Waals surface area (Å²) in [6.07, 6.45) is 7.94. The number of nitrogens with one attached hydrogen (secondary N) is 1. The van der Waals surface area contributed by atoms with Gasteiger partial charge in [-0.15, -0.1) is 0 Å². The average Bonchev–Trinajstić information content (AvgIpc) is 3.64. The zero-order chi connectivity index (χ0) is 37.9. The van der Waals surface area contributed by atoms with Gasteiger partial charge in [0, 0.05) is 48.1 Å². The third-order valence-corrected chi connectivity index (χ3v) is 16.9. The highest BCUT2D eigenvalue weighted by Gasteiger charge is 2.83. The molecule has 6 aliphatic rings. The fourth-order valence-electron chi connectivity index (χ4n) is 10.5. The molecule has 1 aromatic carbocycles. The first kappa shape index (κ1) is 38.8. The Morgan fingerprint density at radius 1 is 1.11 bits per heavy atom. The molecule has 5 bridgehead atoms. The number of ether oxygens (including phenoxy) is 4. The standard InChI is InChI=1S/C39H53NO12S2/c1-2-48-29(44)9-7-23-18-24-11-16-49-31(24)33-32(23)51-38-14-10-28(53-54-35(12-4-3-5-13-35)21-40-15-17-50-33)37(22-42,52-38)36(46)19-25-6-8-27(43)26(20-41)30(25)39(38,47)34(36)45/h10-11,14,16,18,25-28,30,34,40-43,45-47H,2-9,12-13,15,17,19-22H2,1H3/t25-,26+,27-,28-,30+,34+,36+,37+,38-,39-/m1/s1. The number of aliphatic hydroxyl groups excluding tert-OH is 4. The first-order valence-electron chi connectivity index (χ1n) is 19.5. The summed E-state index contributed by atoms with van der Waals surface area (Å²) in [7, 11) is 3.19. The van der Waals surface area contributed by atoms with E-state index in [1.54, 1.807) is 35.9 Å². The molecule has 7 N–H and O–H groups in total. The number of furan rings is 1. The maximum Gasteiger partial charge on any atom is 0.306 e. The second-order valence-electron chi connectivity index (χ2n) is 16.1. The van der Waals surface area contributed by atoms with Gasteiger partial charge in [-0.05, 0) is 75.1 Å². The van der Waals surface area contributed by atoms with Crippen LogP contribution in [-0.2, 0) is 20.7 Å². The minimum atomic E-state index is -2.47. The molecule has 0 radical (unpaired) electrons. The topological polar surface area (TPSA) is 201 Å². The van der Waals surface area contributed by atoms with E-state index < -0.39 is 77.0 Å². The Morgan fingerprint density at radius 3 is 2.69 bits per heavy atom. The second-order valence-corrected chi connectivity index (χ2v) is 18.9. The van der Waals surface area contributed by atoms with Crippen LogP contribution < -0.4 is 14.8 Å². The lowest BCUT2D eigenvalue weighted by molar-refractivity contribution is -0.453. The third-order valence-electron chi connectivity index (χ3n) is 13.2. The molecular weight excluding hydrogens is 739 g/mol. The summed E-state index contributed by atoms with van der Waals surface area (Å²) in [4.78, 5) is 12.7. The van der Waals surface area contributed by atoms with Gasteiger partial charge in [0.15, 0.2) is 16.9 Å². The van der Waals surface area contributed by atoms with E-state index in [0.29, 0.717) is 42.5 Å². The summed E-state index contributed by atoms with van der Waals surface area (Å²) >= 11 is 0. The van der Waals surface area contributed by atoms with E-state index in [0.717, 1.165) is 32.1 Å². The maximum atomic E-state index is 13.4.